The minimum Gasteiger partial charge on any atom is -0.339 e. The van der Waals surface area contributed by atoms with E-state index in [1.54, 1.807) is 0 Å². The summed E-state index contributed by atoms with van der Waals surface area (Å²) in [5.41, 5.74) is 7.04. The molecule has 1 aliphatic rings. The highest BCUT2D eigenvalue weighted by Crippen LogP contribution is 2.28. The van der Waals surface area contributed by atoms with Gasteiger partial charge in [0.05, 0.1) is 6.04 Å². The van der Waals surface area contributed by atoms with Crippen LogP contribution in [0.15, 0.2) is 24.3 Å². The van der Waals surface area contributed by atoms with E-state index in [2.05, 4.69) is 17.9 Å². The highest BCUT2D eigenvalue weighted by atomic mass is 35.5. The monoisotopic (exact) mass is 409 g/mol. The third-order valence-electron chi connectivity index (χ3n) is 4.73. The van der Waals surface area contributed by atoms with E-state index < -0.39 is 6.04 Å². The Kier molecular flexibility index (Phi) is 9.77. The van der Waals surface area contributed by atoms with Gasteiger partial charge in [0, 0.05) is 37.2 Å². The van der Waals surface area contributed by atoms with Gasteiger partial charge in [-0.3, -0.25) is 9.69 Å². The van der Waals surface area contributed by atoms with Crippen LogP contribution in [0.1, 0.15) is 39.3 Å². The summed E-state index contributed by atoms with van der Waals surface area (Å²) in [7, 11) is 0. The van der Waals surface area contributed by atoms with Crippen molar-refractivity contribution in [2.75, 3.05) is 26.2 Å². The van der Waals surface area contributed by atoms with Gasteiger partial charge in [0.15, 0.2) is 0 Å². The Balaban J connectivity index is 0.00000288. The van der Waals surface area contributed by atoms with Crippen molar-refractivity contribution in [2.45, 2.75) is 39.8 Å². The Morgan fingerprint density at radius 2 is 1.64 bits per heavy atom. The first kappa shape index (κ1) is 24.5. The molecule has 1 heterocycles. The molecule has 1 fully saturated rings. The molecule has 1 aromatic carbocycles. The van der Waals surface area contributed by atoms with Gasteiger partial charge in [-0.05, 0) is 24.0 Å². The first-order chi connectivity index (χ1) is 10.7. The summed E-state index contributed by atoms with van der Waals surface area (Å²) < 4.78 is 0. The molecule has 144 valence electrons. The highest BCUT2D eigenvalue weighted by molar-refractivity contribution is 6.31. The molecule has 0 spiro atoms. The number of hydrogen-bond donors (Lipinski definition) is 1. The van der Waals surface area contributed by atoms with Crippen molar-refractivity contribution in [3.8, 4) is 0 Å². The van der Waals surface area contributed by atoms with Gasteiger partial charge in [-0.1, -0.05) is 50.6 Å². The molecule has 4 nitrogen and oxygen atoms in total. The summed E-state index contributed by atoms with van der Waals surface area (Å²) in [6.45, 7) is 11.3. The fourth-order valence-corrected chi connectivity index (χ4v) is 3.20. The van der Waals surface area contributed by atoms with Crippen LogP contribution >= 0.6 is 36.4 Å². The first-order valence-electron chi connectivity index (χ1n) is 8.24. The average molecular weight is 411 g/mol. The van der Waals surface area contributed by atoms with Gasteiger partial charge in [0.1, 0.15) is 0 Å². The molecule has 1 amide bonds. The number of carbonyl (C=O) groups excluding carboxylic acids is 1. The van der Waals surface area contributed by atoms with Crippen molar-refractivity contribution in [1.82, 2.24) is 9.80 Å². The van der Waals surface area contributed by atoms with Gasteiger partial charge in [0.25, 0.3) is 0 Å². The summed E-state index contributed by atoms with van der Waals surface area (Å²) in [6, 6.07) is 7.76. The second kappa shape index (κ2) is 9.98. The van der Waals surface area contributed by atoms with E-state index in [0.717, 1.165) is 36.8 Å². The highest BCUT2D eigenvalue weighted by Gasteiger charge is 2.33. The maximum absolute atomic E-state index is 12.5. The Morgan fingerprint density at radius 1 is 1.12 bits per heavy atom. The number of carbonyl (C=O) groups is 1. The van der Waals surface area contributed by atoms with Crippen LogP contribution in [0.4, 0.5) is 0 Å². The van der Waals surface area contributed by atoms with E-state index in [9.17, 15) is 4.79 Å². The summed E-state index contributed by atoms with van der Waals surface area (Å²) in [4.78, 5) is 16.8. The molecule has 1 aliphatic heterocycles. The molecular weight excluding hydrogens is 381 g/mol. The van der Waals surface area contributed by atoms with Crippen molar-refractivity contribution >= 4 is 42.3 Å². The van der Waals surface area contributed by atoms with E-state index in [4.69, 9.17) is 17.3 Å². The van der Waals surface area contributed by atoms with E-state index in [-0.39, 0.29) is 42.2 Å². The predicted octanol–water partition coefficient (Wildman–Crippen LogP) is 3.76. The predicted molar refractivity (Wildman–Crippen MR) is 110 cm³/mol. The topological polar surface area (TPSA) is 49.6 Å². The smallest absolute Gasteiger partial charge is 0.240 e. The van der Waals surface area contributed by atoms with E-state index in [0.29, 0.717) is 0 Å². The lowest BCUT2D eigenvalue weighted by molar-refractivity contribution is -0.137. The van der Waals surface area contributed by atoms with Gasteiger partial charge in [0.2, 0.25) is 5.91 Å². The van der Waals surface area contributed by atoms with E-state index in [1.807, 2.05) is 43.9 Å². The molecule has 1 aromatic rings. The quantitative estimate of drug-likeness (QED) is 0.825. The van der Waals surface area contributed by atoms with Gasteiger partial charge in [-0.15, -0.1) is 24.8 Å². The van der Waals surface area contributed by atoms with Crippen LogP contribution in [0.3, 0.4) is 0 Å². The van der Waals surface area contributed by atoms with Crippen LogP contribution in [0.25, 0.3) is 0 Å². The Morgan fingerprint density at radius 3 is 2.12 bits per heavy atom. The molecule has 0 aromatic heterocycles. The Labute approximate surface area is 168 Å². The summed E-state index contributed by atoms with van der Waals surface area (Å²) in [6.07, 6.45) is 0. The molecule has 2 N–H and O–H groups in total. The van der Waals surface area contributed by atoms with Crippen LogP contribution in [-0.4, -0.2) is 47.9 Å². The second-order valence-electron chi connectivity index (χ2n) is 7.40. The fraction of sp³-hybridized carbons (Fsp3) is 0.611. The molecule has 2 rings (SSSR count). The van der Waals surface area contributed by atoms with Crippen LogP contribution < -0.4 is 5.73 Å². The number of hydrogen-bond acceptors (Lipinski definition) is 3. The zero-order chi connectivity index (χ0) is 17.2. The minimum atomic E-state index is -0.449. The number of nitrogens with two attached hydrogens (primary N) is 1. The lowest BCUT2D eigenvalue weighted by atomic mass is 9.86. The van der Waals surface area contributed by atoms with Gasteiger partial charge in [-0.2, -0.15) is 0 Å². The number of halogens is 3. The molecule has 1 saturated heterocycles. The first-order valence-corrected chi connectivity index (χ1v) is 8.62. The zero-order valence-electron chi connectivity index (χ0n) is 15.4. The van der Waals surface area contributed by atoms with E-state index in [1.165, 1.54) is 0 Å². The number of amides is 1. The third-order valence-corrected chi connectivity index (χ3v) is 5.07. The molecule has 0 bridgehead atoms. The number of benzene rings is 1. The van der Waals surface area contributed by atoms with Crippen LogP contribution in [0, 0.1) is 5.41 Å². The molecule has 7 heteroatoms. The molecule has 2 atom stereocenters. The van der Waals surface area contributed by atoms with Crippen molar-refractivity contribution in [1.29, 1.82) is 0 Å². The van der Waals surface area contributed by atoms with Crippen LogP contribution in [-0.2, 0) is 4.79 Å². The summed E-state index contributed by atoms with van der Waals surface area (Å²) >= 11 is 6.30. The van der Waals surface area contributed by atoms with Crippen molar-refractivity contribution < 1.29 is 4.79 Å². The lowest BCUT2D eigenvalue weighted by Gasteiger charge is -2.40. The number of nitrogens with zero attached hydrogens (tertiary/aromatic N) is 2. The SMILES string of the molecule is CC(c1ccccc1Cl)N1CCN(C(=O)[C@@H](N)C(C)(C)C)CC1.Cl.Cl. The molecule has 0 saturated carbocycles. The van der Waals surface area contributed by atoms with Gasteiger partial charge < -0.3 is 10.6 Å². The lowest BCUT2D eigenvalue weighted by Crippen LogP contribution is -2.56. The number of rotatable bonds is 3. The minimum absolute atomic E-state index is 0. The summed E-state index contributed by atoms with van der Waals surface area (Å²) in [5, 5.41) is 0.799. The molecule has 1 unspecified atom stereocenters. The Hall–Kier alpha value is -0.520. The number of piperazine rings is 1. The molecule has 0 radical (unpaired) electrons. The van der Waals surface area contributed by atoms with E-state index >= 15 is 0 Å². The Bertz CT molecular complexity index is 555. The molecular formula is C18H30Cl3N3O. The normalized spacial score (nSPS) is 17.9. The third kappa shape index (κ3) is 6.00. The maximum atomic E-state index is 12.5. The van der Waals surface area contributed by atoms with Crippen LogP contribution in [0.5, 0.6) is 0 Å². The van der Waals surface area contributed by atoms with Crippen molar-refractivity contribution in [3.05, 3.63) is 34.9 Å². The largest absolute Gasteiger partial charge is 0.339 e. The van der Waals surface area contributed by atoms with Crippen LogP contribution in [0.2, 0.25) is 5.02 Å². The molecule has 25 heavy (non-hydrogen) atoms. The molecule has 0 aliphatic carbocycles. The maximum Gasteiger partial charge on any atom is 0.240 e. The fourth-order valence-electron chi connectivity index (χ4n) is 2.91. The van der Waals surface area contributed by atoms with Crippen molar-refractivity contribution in [2.24, 2.45) is 11.1 Å². The zero-order valence-corrected chi connectivity index (χ0v) is 17.8. The standard InChI is InChI=1S/C18H28ClN3O.2ClH/c1-13(14-7-5-6-8-15(14)19)21-9-11-22(12-10-21)17(23)16(20)18(2,3)4;;/h5-8,13,16H,9-12,20H2,1-4H3;2*1H/t13?,16-;;/m1../s1. The summed E-state index contributed by atoms with van der Waals surface area (Å²) in [5.74, 6) is 0.0579. The van der Waals surface area contributed by atoms with Gasteiger partial charge in [-0.25, -0.2) is 0 Å². The van der Waals surface area contributed by atoms with Gasteiger partial charge >= 0.3 is 0 Å². The average Bonchev–Trinajstić information content (AvgIpc) is 2.52. The van der Waals surface area contributed by atoms with Crippen molar-refractivity contribution in [3.63, 3.8) is 0 Å². The second-order valence-corrected chi connectivity index (χ2v) is 7.81.